The van der Waals surface area contributed by atoms with Gasteiger partial charge in [0.2, 0.25) is 0 Å². The first kappa shape index (κ1) is 12.3. The van der Waals surface area contributed by atoms with Gasteiger partial charge >= 0.3 is 0 Å². The summed E-state index contributed by atoms with van der Waals surface area (Å²) in [5.74, 6) is 0. The van der Waals surface area contributed by atoms with Gasteiger partial charge in [-0.2, -0.15) is 0 Å². The number of rotatable bonds is 3. The average molecular weight is 236 g/mol. The minimum atomic E-state index is -0.453. The smallest absolute Gasteiger partial charge is 0.0957 e. The quantitative estimate of drug-likeness (QED) is 0.868. The summed E-state index contributed by atoms with van der Waals surface area (Å²) in [6.45, 7) is 6.53. The van der Waals surface area contributed by atoms with Gasteiger partial charge in [0.15, 0.2) is 0 Å². The van der Waals surface area contributed by atoms with Crippen molar-refractivity contribution in [2.24, 2.45) is 0 Å². The lowest BCUT2D eigenvalue weighted by atomic mass is 10.1. The summed E-state index contributed by atoms with van der Waals surface area (Å²) >= 11 is 0. The van der Waals surface area contributed by atoms with Gasteiger partial charge in [0, 0.05) is 12.6 Å². The first-order valence-electron chi connectivity index (χ1n) is 6.20. The van der Waals surface area contributed by atoms with Crippen molar-refractivity contribution in [2.45, 2.75) is 32.4 Å². The summed E-state index contributed by atoms with van der Waals surface area (Å²) < 4.78 is 5.41. The maximum Gasteiger partial charge on any atom is 0.0957 e. The normalized spacial score (nSPS) is 22.5. The number of anilines is 1. The van der Waals surface area contributed by atoms with E-state index in [2.05, 4.69) is 16.8 Å². The summed E-state index contributed by atoms with van der Waals surface area (Å²) in [6.07, 6.45) is 2.09. The van der Waals surface area contributed by atoms with Crippen LogP contribution in [0.3, 0.4) is 0 Å². The van der Waals surface area contributed by atoms with Crippen LogP contribution in [0, 0.1) is 0 Å². The van der Waals surface area contributed by atoms with Gasteiger partial charge in [-0.15, -0.1) is 0 Å². The molecule has 0 aliphatic carbocycles. The molecule has 1 aliphatic heterocycles. The maximum atomic E-state index is 9.69. The third-order valence-electron chi connectivity index (χ3n) is 3.20. The van der Waals surface area contributed by atoms with Crippen molar-refractivity contribution < 1.29 is 9.84 Å². The van der Waals surface area contributed by atoms with Crippen molar-refractivity contribution in [3.8, 4) is 0 Å². The van der Waals surface area contributed by atoms with Gasteiger partial charge in [0.05, 0.1) is 36.9 Å². The number of aliphatic hydroxyl groups excluding tert-OH is 1. The zero-order valence-corrected chi connectivity index (χ0v) is 10.5. The summed E-state index contributed by atoms with van der Waals surface area (Å²) in [5, 5.41) is 9.69. The number of ether oxygens (including phenoxy) is 1. The largest absolute Gasteiger partial charge is 0.387 e. The molecular formula is C13H20N2O2. The molecule has 2 heterocycles. The Labute approximate surface area is 102 Å². The van der Waals surface area contributed by atoms with Crippen LogP contribution >= 0.6 is 0 Å². The molecule has 1 saturated heterocycles. The van der Waals surface area contributed by atoms with Crippen LogP contribution in [0.1, 0.15) is 32.1 Å². The Hall–Kier alpha value is -1.13. The Kier molecular flexibility index (Phi) is 3.97. The van der Waals surface area contributed by atoms with E-state index in [1.54, 1.807) is 0 Å². The number of hydrogen-bond donors (Lipinski definition) is 1. The zero-order chi connectivity index (χ0) is 12.3. The molecule has 2 unspecified atom stereocenters. The summed E-state index contributed by atoms with van der Waals surface area (Å²) in [7, 11) is 0. The molecule has 1 aromatic rings. The van der Waals surface area contributed by atoms with E-state index >= 15 is 0 Å². The molecule has 4 nitrogen and oxygen atoms in total. The minimum absolute atomic E-state index is 0.382. The molecule has 0 aromatic carbocycles. The molecule has 4 heteroatoms. The maximum absolute atomic E-state index is 9.69. The second-order valence-corrected chi connectivity index (χ2v) is 4.48. The van der Waals surface area contributed by atoms with Crippen LogP contribution in [0.4, 0.5) is 5.69 Å². The van der Waals surface area contributed by atoms with E-state index < -0.39 is 6.10 Å². The van der Waals surface area contributed by atoms with Gasteiger partial charge in [-0.05, 0) is 25.5 Å². The molecule has 0 amide bonds. The molecule has 2 rings (SSSR count). The lowest BCUT2D eigenvalue weighted by Crippen LogP contribution is -2.43. The van der Waals surface area contributed by atoms with Crippen LogP contribution in [0.2, 0.25) is 0 Å². The highest BCUT2D eigenvalue weighted by Gasteiger charge is 2.19. The Morgan fingerprint density at radius 1 is 1.59 bits per heavy atom. The fourth-order valence-corrected chi connectivity index (χ4v) is 2.08. The first-order valence-corrected chi connectivity index (χ1v) is 6.20. The topological polar surface area (TPSA) is 45.6 Å². The number of morpholine rings is 1. The Bertz CT molecular complexity index is 353. The molecule has 0 spiro atoms. The number of hydrogen-bond acceptors (Lipinski definition) is 4. The van der Waals surface area contributed by atoms with Gasteiger partial charge in [-0.3, -0.25) is 4.98 Å². The highest BCUT2D eigenvalue weighted by molar-refractivity contribution is 5.46. The van der Waals surface area contributed by atoms with E-state index in [9.17, 15) is 5.11 Å². The Morgan fingerprint density at radius 2 is 2.41 bits per heavy atom. The number of nitrogens with zero attached hydrogens (tertiary/aromatic N) is 2. The monoisotopic (exact) mass is 236 g/mol. The molecule has 0 bridgehead atoms. The molecule has 0 radical (unpaired) electrons. The molecule has 1 aromatic heterocycles. The lowest BCUT2D eigenvalue weighted by Gasteiger charge is -2.35. The van der Waals surface area contributed by atoms with E-state index in [4.69, 9.17) is 4.74 Å². The molecule has 1 fully saturated rings. The van der Waals surface area contributed by atoms with Crippen LogP contribution in [0.25, 0.3) is 0 Å². The van der Waals surface area contributed by atoms with Gasteiger partial charge in [-0.25, -0.2) is 0 Å². The van der Waals surface area contributed by atoms with Crippen LogP contribution < -0.4 is 4.90 Å². The van der Waals surface area contributed by atoms with E-state index in [1.807, 2.05) is 25.3 Å². The highest BCUT2D eigenvalue weighted by Crippen LogP contribution is 2.21. The van der Waals surface area contributed by atoms with Crippen LogP contribution in [-0.2, 0) is 4.74 Å². The Balaban J connectivity index is 2.11. The molecule has 1 aliphatic rings. The Morgan fingerprint density at radius 3 is 3.00 bits per heavy atom. The molecule has 1 N–H and O–H groups in total. The van der Waals surface area contributed by atoms with E-state index in [1.165, 1.54) is 0 Å². The van der Waals surface area contributed by atoms with Gasteiger partial charge in [-0.1, -0.05) is 6.92 Å². The van der Waals surface area contributed by atoms with Crippen molar-refractivity contribution in [1.29, 1.82) is 0 Å². The fourth-order valence-electron chi connectivity index (χ4n) is 2.08. The van der Waals surface area contributed by atoms with Gasteiger partial charge in [0.1, 0.15) is 0 Å². The summed E-state index contributed by atoms with van der Waals surface area (Å²) in [6, 6.07) is 4.32. The van der Waals surface area contributed by atoms with Crippen LogP contribution in [0.5, 0.6) is 0 Å². The lowest BCUT2D eigenvalue weighted by molar-refractivity contribution is 0.0989. The van der Waals surface area contributed by atoms with Gasteiger partial charge < -0.3 is 14.7 Å². The molecular weight excluding hydrogens is 216 g/mol. The highest BCUT2D eigenvalue weighted by atomic mass is 16.5. The predicted molar refractivity (Wildman–Crippen MR) is 67.1 cm³/mol. The minimum Gasteiger partial charge on any atom is -0.387 e. The van der Waals surface area contributed by atoms with Crippen LogP contribution in [0.15, 0.2) is 18.3 Å². The zero-order valence-electron chi connectivity index (χ0n) is 10.5. The average Bonchev–Trinajstić information content (AvgIpc) is 2.39. The van der Waals surface area contributed by atoms with Crippen molar-refractivity contribution >= 4 is 5.69 Å². The van der Waals surface area contributed by atoms with Gasteiger partial charge in [0.25, 0.3) is 0 Å². The van der Waals surface area contributed by atoms with Crippen molar-refractivity contribution in [3.05, 3.63) is 24.0 Å². The first-order chi connectivity index (χ1) is 8.22. The van der Waals surface area contributed by atoms with Crippen LogP contribution in [-0.4, -0.2) is 35.9 Å². The summed E-state index contributed by atoms with van der Waals surface area (Å²) in [4.78, 5) is 6.62. The summed E-state index contributed by atoms with van der Waals surface area (Å²) in [5.41, 5.74) is 1.85. The second kappa shape index (κ2) is 5.47. The third-order valence-corrected chi connectivity index (χ3v) is 3.20. The second-order valence-electron chi connectivity index (χ2n) is 4.48. The van der Waals surface area contributed by atoms with E-state index in [0.717, 1.165) is 31.1 Å². The number of aliphatic hydroxyl groups is 1. The molecule has 17 heavy (non-hydrogen) atoms. The predicted octanol–water partition coefficient (Wildman–Crippen LogP) is 1.75. The SMILES string of the molecule is CCC(O)c1ccc(N2CCOCC2C)cn1. The van der Waals surface area contributed by atoms with E-state index in [0.29, 0.717) is 12.5 Å². The number of aromatic nitrogens is 1. The molecule has 2 atom stereocenters. The number of pyridine rings is 1. The third kappa shape index (κ3) is 2.76. The standard InChI is InChI=1S/C13H20N2O2/c1-3-13(16)12-5-4-11(8-14-12)15-6-7-17-9-10(15)2/h4-5,8,10,13,16H,3,6-7,9H2,1-2H3. The van der Waals surface area contributed by atoms with Crippen molar-refractivity contribution in [2.75, 3.05) is 24.7 Å². The van der Waals surface area contributed by atoms with Crippen molar-refractivity contribution in [3.63, 3.8) is 0 Å². The fraction of sp³-hybridized carbons (Fsp3) is 0.615. The molecule has 94 valence electrons. The molecule has 0 saturated carbocycles. The van der Waals surface area contributed by atoms with Crippen molar-refractivity contribution in [1.82, 2.24) is 4.98 Å². The van der Waals surface area contributed by atoms with E-state index in [-0.39, 0.29) is 0 Å².